The lowest BCUT2D eigenvalue weighted by atomic mass is 9.44. The van der Waals surface area contributed by atoms with Crippen molar-refractivity contribution in [2.45, 2.75) is 79.1 Å². The van der Waals surface area contributed by atoms with Crippen molar-refractivity contribution in [2.75, 3.05) is 7.05 Å². The molecular weight excluding hydrogens is 290 g/mol. The molecule has 0 bridgehead atoms. The van der Waals surface area contributed by atoms with Gasteiger partial charge in [0.2, 0.25) is 0 Å². The van der Waals surface area contributed by atoms with Crippen LogP contribution in [0.15, 0.2) is 16.6 Å². The van der Waals surface area contributed by atoms with Gasteiger partial charge in [-0.15, -0.1) is 0 Å². The van der Waals surface area contributed by atoms with E-state index in [2.05, 4.69) is 38.8 Å². The van der Waals surface area contributed by atoms with Crippen LogP contribution in [-0.4, -0.2) is 12.8 Å². The van der Waals surface area contributed by atoms with E-state index in [9.17, 15) is 0 Å². The molecule has 134 valence electrons. The standard InChI is InChI=1S/C23H37N/c1-15-10-12-22(3)17(14-15)6-7-18-20-9-8-19(16(2)24-5)23(20,4)13-11-21(18)22/h8,15,17-18,20-21H,6-7,9-14H2,1-5H3/t15-,17?,18?,20?,21?,22-,23+/m0/s1. The fourth-order valence-electron chi connectivity index (χ4n) is 7.72. The highest BCUT2D eigenvalue weighted by Gasteiger charge is 2.58. The van der Waals surface area contributed by atoms with Gasteiger partial charge >= 0.3 is 0 Å². The molecule has 0 aromatic carbocycles. The first-order valence-electron chi connectivity index (χ1n) is 10.5. The van der Waals surface area contributed by atoms with Crippen LogP contribution in [0, 0.1) is 40.4 Å². The van der Waals surface area contributed by atoms with Crippen molar-refractivity contribution >= 4 is 5.71 Å². The molecule has 1 heteroatoms. The summed E-state index contributed by atoms with van der Waals surface area (Å²) in [4.78, 5) is 4.55. The number of allylic oxidation sites excluding steroid dienone is 2. The second kappa shape index (κ2) is 5.71. The summed E-state index contributed by atoms with van der Waals surface area (Å²) in [6.07, 6.45) is 14.2. The fourth-order valence-corrected chi connectivity index (χ4v) is 7.72. The molecule has 1 nitrogen and oxygen atoms in total. The quantitative estimate of drug-likeness (QED) is 0.502. The van der Waals surface area contributed by atoms with Crippen LogP contribution in [0.3, 0.4) is 0 Å². The van der Waals surface area contributed by atoms with Gasteiger partial charge in [-0.3, -0.25) is 4.99 Å². The zero-order chi connectivity index (χ0) is 17.1. The van der Waals surface area contributed by atoms with Gasteiger partial charge in [0.15, 0.2) is 0 Å². The third kappa shape index (κ3) is 2.22. The number of hydrogen-bond donors (Lipinski definition) is 0. The Balaban J connectivity index is 1.62. The van der Waals surface area contributed by atoms with Crippen LogP contribution in [0.4, 0.5) is 0 Å². The molecule has 0 heterocycles. The second-order valence-electron chi connectivity index (χ2n) is 10.2. The maximum absolute atomic E-state index is 4.55. The molecule has 3 fully saturated rings. The zero-order valence-corrected chi connectivity index (χ0v) is 16.6. The van der Waals surface area contributed by atoms with E-state index in [4.69, 9.17) is 0 Å². The number of nitrogens with zero attached hydrogens (tertiary/aromatic N) is 1. The Hall–Kier alpha value is -0.590. The molecule has 0 aromatic rings. The normalized spacial score (nSPS) is 51.5. The van der Waals surface area contributed by atoms with Crippen molar-refractivity contribution in [1.29, 1.82) is 0 Å². The Morgan fingerprint density at radius 1 is 1.08 bits per heavy atom. The molecule has 4 unspecified atom stereocenters. The van der Waals surface area contributed by atoms with Gasteiger partial charge in [0.25, 0.3) is 0 Å². The van der Waals surface area contributed by atoms with E-state index in [0.717, 1.165) is 29.6 Å². The van der Waals surface area contributed by atoms with Gasteiger partial charge in [-0.05, 0) is 97.9 Å². The van der Waals surface area contributed by atoms with Gasteiger partial charge in [-0.1, -0.05) is 33.3 Å². The largest absolute Gasteiger partial charge is 0.293 e. The minimum absolute atomic E-state index is 0.413. The molecule has 0 spiro atoms. The number of aliphatic imine (C=N–C) groups is 1. The van der Waals surface area contributed by atoms with Crippen molar-refractivity contribution in [1.82, 2.24) is 0 Å². The van der Waals surface area contributed by atoms with Crippen LogP contribution < -0.4 is 0 Å². The van der Waals surface area contributed by atoms with Gasteiger partial charge in [0.05, 0.1) is 0 Å². The Kier molecular flexibility index (Phi) is 4.01. The maximum atomic E-state index is 4.55. The molecule has 0 aromatic heterocycles. The molecule has 4 aliphatic carbocycles. The zero-order valence-electron chi connectivity index (χ0n) is 16.6. The Morgan fingerprint density at radius 3 is 2.62 bits per heavy atom. The van der Waals surface area contributed by atoms with Crippen LogP contribution >= 0.6 is 0 Å². The SMILES string of the molecule is CN=C(C)C1=CCC2C3CCC4C[C@@H](C)CC[C@]4(C)C3CC[C@]12C. The second-order valence-corrected chi connectivity index (χ2v) is 10.2. The maximum Gasteiger partial charge on any atom is 0.0348 e. The van der Waals surface area contributed by atoms with E-state index in [-0.39, 0.29) is 0 Å². The van der Waals surface area contributed by atoms with Gasteiger partial charge in [-0.2, -0.15) is 0 Å². The fraction of sp³-hybridized carbons (Fsp3) is 0.870. The first kappa shape index (κ1) is 16.9. The van der Waals surface area contributed by atoms with Crippen LogP contribution in [-0.2, 0) is 0 Å². The highest BCUT2D eigenvalue weighted by Crippen LogP contribution is 2.66. The molecule has 0 saturated heterocycles. The Morgan fingerprint density at radius 2 is 1.88 bits per heavy atom. The summed E-state index contributed by atoms with van der Waals surface area (Å²) in [5, 5.41) is 0. The Bertz CT molecular complexity index is 573. The van der Waals surface area contributed by atoms with Gasteiger partial charge in [0.1, 0.15) is 0 Å². The Labute approximate surface area is 149 Å². The van der Waals surface area contributed by atoms with Crippen molar-refractivity contribution in [3.05, 3.63) is 11.6 Å². The molecule has 4 rings (SSSR count). The number of rotatable bonds is 1. The van der Waals surface area contributed by atoms with Crippen LogP contribution in [0.1, 0.15) is 79.1 Å². The number of fused-ring (bicyclic) bond motifs is 5. The van der Waals surface area contributed by atoms with Gasteiger partial charge in [0, 0.05) is 12.8 Å². The van der Waals surface area contributed by atoms with E-state index in [1.54, 1.807) is 5.57 Å². The predicted molar refractivity (Wildman–Crippen MR) is 103 cm³/mol. The topological polar surface area (TPSA) is 12.4 Å². The third-order valence-corrected chi connectivity index (χ3v) is 9.23. The summed E-state index contributed by atoms with van der Waals surface area (Å²) >= 11 is 0. The molecule has 7 atom stereocenters. The molecular formula is C23H37N. The molecule has 3 saturated carbocycles. The predicted octanol–water partition coefficient (Wildman–Crippen LogP) is 6.29. The first-order chi connectivity index (χ1) is 11.4. The first-order valence-corrected chi connectivity index (χ1v) is 10.5. The van der Waals surface area contributed by atoms with Crippen LogP contribution in [0.25, 0.3) is 0 Å². The minimum Gasteiger partial charge on any atom is -0.293 e. The highest BCUT2D eigenvalue weighted by molar-refractivity contribution is 5.99. The minimum atomic E-state index is 0.413. The molecule has 0 aliphatic heterocycles. The van der Waals surface area contributed by atoms with Crippen molar-refractivity contribution in [3.8, 4) is 0 Å². The third-order valence-electron chi connectivity index (χ3n) is 9.23. The van der Waals surface area contributed by atoms with Crippen molar-refractivity contribution in [2.24, 2.45) is 45.4 Å². The van der Waals surface area contributed by atoms with Crippen molar-refractivity contribution in [3.63, 3.8) is 0 Å². The van der Waals surface area contributed by atoms with E-state index >= 15 is 0 Å². The summed E-state index contributed by atoms with van der Waals surface area (Å²) in [6, 6.07) is 0. The summed E-state index contributed by atoms with van der Waals surface area (Å²) < 4.78 is 0. The average molecular weight is 328 g/mol. The lowest BCUT2D eigenvalue weighted by Crippen LogP contribution is -2.53. The summed E-state index contributed by atoms with van der Waals surface area (Å²) in [5.74, 6) is 4.83. The smallest absolute Gasteiger partial charge is 0.0348 e. The molecule has 0 radical (unpaired) electrons. The van der Waals surface area contributed by atoms with E-state index in [1.807, 2.05) is 7.05 Å². The van der Waals surface area contributed by atoms with E-state index in [1.165, 1.54) is 57.1 Å². The molecule has 0 amide bonds. The lowest BCUT2D eigenvalue weighted by Gasteiger charge is -2.61. The van der Waals surface area contributed by atoms with E-state index < -0.39 is 0 Å². The van der Waals surface area contributed by atoms with Crippen LogP contribution in [0.2, 0.25) is 0 Å². The lowest BCUT2D eigenvalue weighted by molar-refractivity contribution is -0.105. The van der Waals surface area contributed by atoms with Crippen LogP contribution in [0.5, 0.6) is 0 Å². The van der Waals surface area contributed by atoms with Gasteiger partial charge in [-0.25, -0.2) is 0 Å². The summed E-state index contributed by atoms with van der Waals surface area (Å²) in [5.41, 5.74) is 3.95. The monoisotopic (exact) mass is 327 g/mol. The van der Waals surface area contributed by atoms with Crippen molar-refractivity contribution < 1.29 is 0 Å². The van der Waals surface area contributed by atoms with E-state index in [0.29, 0.717) is 10.8 Å². The highest BCUT2D eigenvalue weighted by atomic mass is 14.7. The van der Waals surface area contributed by atoms with Gasteiger partial charge < -0.3 is 0 Å². The molecule has 4 aliphatic rings. The number of hydrogen-bond acceptors (Lipinski definition) is 1. The summed E-state index contributed by atoms with van der Waals surface area (Å²) in [7, 11) is 1.97. The molecule has 24 heavy (non-hydrogen) atoms. The molecule has 0 N–H and O–H groups in total. The average Bonchev–Trinajstić information content (AvgIpc) is 2.92. The summed E-state index contributed by atoms with van der Waals surface area (Å²) in [6.45, 7) is 9.97.